The summed E-state index contributed by atoms with van der Waals surface area (Å²) in [6.45, 7) is 3.39. The molecule has 0 heterocycles. The van der Waals surface area contributed by atoms with Crippen LogP contribution < -0.4 is 10.6 Å². The summed E-state index contributed by atoms with van der Waals surface area (Å²) in [6.07, 6.45) is 0.118. The maximum Gasteiger partial charge on any atom is 0.226 e. The number of carbonyl (C=O) groups excluding carboxylic acids is 2. The van der Waals surface area contributed by atoms with Gasteiger partial charge in [-0.3, -0.25) is 9.59 Å². The fourth-order valence-corrected chi connectivity index (χ4v) is 1.29. The quantitative estimate of drug-likeness (QED) is 0.837. The molecule has 1 aromatic rings. The molecule has 4 nitrogen and oxygen atoms in total. The molecule has 0 saturated heterocycles. The van der Waals surface area contributed by atoms with E-state index in [0.717, 1.165) is 5.56 Å². The molecular weight excluding hydrogens is 223 g/mol. The Balaban J connectivity index is 2.48. The van der Waals surface area contributed by atoms with Gasteiger partial charge < -0.3 is 10.6 Å². The van der Waals surface area contributed by atoms with E-state index in [1.54, 1.807) is 13.0 Å². The molecule has 2 N–H and O–H groups in total. The average Bonchev–Trinajstić information content (AvgIpc) is 2.21. The lowest BCUT2D eigenvalue weighted by Crippen LogP contribution is -2.25. The summed E-state index contributed by atoms with van der Waals surface area (Å²) < 4.78 is 13.4. The van der Waals surface area contributed by atoms with E-state index in [-0.39, 0.29) is 30.5 Å². The van der Waals surface area contributed by atoms with Crippen LogP contribution in [-0.2, 0) is 9.59 Å². The van der Waals surface area contributed by atoms with Gasteiger partial charge in [0.05, 0.1) is 5.69 Å². The number of nitrogens with one attached hydrogen (secondary N) is 2. The summed E-state index contributed by atoms with van der Waals surface area (Å²) in [7, 11) is 0. The number of carbonyl (C=O) groups is 2. The fourth-order valence-electron chi connectivity index (χ4n) is 1.29. The first-order chi connectivity index (χ1) is 7.99. The van der Waals surface area contributed by atoms with Crippen LogP contribution in [0.2, 0.25) is 0 Å². The summed E-state index contributed by atoms with van der Waals surface area (Å²) >= 11 is 0. The number of benzene rings is 1. The molecule has 1 rings (SSSR count). The number of amides is 2. The van der Waals surface area contributed by atoms with Gasteiger partial charge in [-0.15, -0.1) is 0 Å². The molecule has 17 heavy (non-hydrogen) atoms. The molecule has 0 aliphatic heterocycles. The Hall–Kier alpha value is -1.91. The van der Waals surface area contributed by atoms with Gasteiger partial charge in [0.15, 0.2) is 0 Å². The van der Waals surface area contributed by atoms with E-state index in [1.807, 2.05) is 0 Å². The molecule has 0 bridgehead atoms. The maximum atomic E-state index is 13.4. The fraction of sp³-hybridized carbons (Fsp3) is 0.333. The standard InChI is InChI=1S/C12H15FN2O2/c1-8-3-4-11(10(13)7-8)15-12(17)5-6-14-9(2)16/h3-4,7H,5-6H2,1-2H3,(H,14,16)(H,15,17). The largest absolute Gasteiger partial charge is 0.356 e. The van der Waals surface area contributed by atoms with Crippen LogP contribution >= 0.6 is 0 Å². The maximum absolute atomic E-state index is 13.4. The van der Waals surface area contributed by atoms with Crippen molar-refractivity contribution in [2.45, 2.75) is 20.3 Å². The Morgan fingerprint density at radius 2 is 2.06 bits per heavy atom. The molecular formula is C12H15FN2O2. The Morgan fingerprint density at radius 1 is 1.35 bits per heavy atom. The molecule has 0 unspecified atom stereocenters. The second-order valence-electron chi connectivity index (χ2n) is 3.76. The van der Waals surface area contributed by atoms with Crippen molar-refractivity contribution in [1.29, 1.82) is 0 Å². The molecule has 1 aromatic carbocycles. The van der Waals surface area contributed by atoms with Crippen LogP contribution in [0.3, 0.4) is 0 Å². The van der Waals surface area contributed by atoms with E-state index in [4.69, 9.17) is 0 Å². The second kappa shape index (κ2) is 5.98. The molecule has 0 fully saturated rings. The Kier molecular flexibility index (Phi) is 4.63. The minimum absolute atomic E-state index is 0.118. The van der Waals surface area contributed by atoms with Crippen LogP contribution in [0.5, 0.6) is 0 Å². The van der Waals surface area contributed by atoms with Crippen LogP contribution in [0.25, 0.3) is 0 Å². The second-order valence-corrected chi connectivity index (χ2v) is 3.76. The molecule has 0 aliphatic carbocycles. The minimum Gasteiger partial charge on any atom is -0.356 e. The third-order valence-corrected chi connectivity index (χ3v) is 2.12. The number of halogens is 1. The smallest absolute Gasteiger partial charge is 0.226 e. The highest BCUT2D eigenvalue weighted by Gasteiger charge is 2.06. The predicted octanol–water partition coefficient (Wildman–Crippen LogP) is 1.60. The Bertz CT molecular complexity index is 433. The number of hydrogen-bond donors (Lipinski definition) is 2. The molecule has 0 aromatic heterocycles. The highest BCUT2D eigenvalue weighted by molar-refractivity contribution is 5.91. The lowest BCUT2D eigenvalue weighted by Gasteiger charge is -2.07. The summed E-state index contributed by atoms with van der Waals surface area (Å²) in [6, 6.07) is 4.58. The van der Waals surface area contributed by atoms with E-state index in [0.29, 0.717) is 0 Å². The zero-order chi connectivity index (χ0) is 12.8. The first kappa shape index (κ1) is 13.2. The lowest BCUT2D eigenvalue weighted by atomic mass is 10.2. The van der Waals surface area contributed by atoms with Crippen molar-refractivity contribution in [1.82, 2.24) is 5.32 Å². The van der Waals surface area contributed by atoms with Gasteiger partial charge in [-0.25, -0.2) is 4.39 Å². The summed E-state index contributed by atoms with van der Waals surface area (Å²) in [5.41, 5.74) is 0.946. The molecule has 0 aliphatic rings. The first-order valence-corrected chi connectivity index (χ1v) is 5.29. The zero-order valence-corrected chi connectivity index (χ0v) is 9.84. The monoisotopic (exact) mass is 238 g/mol. The third-order valence-electron chi connectivity index (χ3n) is 2.12. The number of rotatable bonds is 4. The topological polar surface area (TPSA) is 58.2 Å². The number of aryl methyl sites for hydroxylation is 1. The van der Waals surface area contributed by atoms with Crippen LogP contribution in [-0.4, -0.2) is 18.4 Å². The number of anilines is 1. The summed E-state index contributed by atoms with van der Waals surface area (Å²) in [4.78, 5) is 22.0. The Labute approximate surface area is 99.2 Å². The lowest BCUT2D eigenvalue weighted by molar-refractivity contribution is -0.119. The van der Waals surface area contributed by atoms with E-state index >= 15 is 0 Å². The van der Waals surface area contributed by atoms with E-state index < -0.39 is 5.82 Å². The van der Waals surface area contributed by atoms with Gasteiger partial charge >= 0.3 is 0 Å². The van der Waals surface area contributed by atoms with Crippen molar-refractivity contribution in [2.24, 2.45) is 0 Å². The SMILES string of the molecule is CC(=O)NCCC(=O)Nc1ccc(C)cc1F. The van der Waals surface area contributed by atoms with Crippen LogP contribution in [0.4, 0.5) is 10.1 Å². The van der Waals surface area contributed by atoms with Gasteiger partial charge in [-0.2, -0.15) is 0 Å². The molecule has 2 amide bonds. The number of hydrogen-bond acceptors (Lipinski definition) is 2. The normalized spacial score (nSPS) is 9.82. The summed E-state index contributed by atoms with van der Waals surface area (Å²) in [5, 5.41) is 4.94. The van der Waals surface area contributed by atoms with Crippen LogP contribution in [0.1, 0.15) is 18.9 Å². The summed E-state index contributed by atoms with van der Waals surface area (Å²) in [5.74, 6) is -0.987. The van der Waals surface area contributed by atoms with Gasteiger partial charge in [0.1, 0.15) is 5.82 Å². The van der Waals surface area contributed by atoms with Gasteiger partial charge in [-0.1, -0.05) is 6.07 Å². The molecule has 5 heteroatoms. The highest BCUT2D eigenvalue weighted by Crippen LogP contribution is 2.15. The first-order valence-electron chi connectivity index (χ1n) is 5.29. The van der Waals surface area contributed by atoms with Gasteiger partial charge in [0.2, 0.25) is 11.8 Å². The van der Waals surface area contributed by atoms with Crippen molar-refractivity contribution in [2.75, 3.05) is 11.9 Å². The highest BCUT2D eigenvalue weighted by atomic mass is 19.1. The van der Waals surface area contributed by atoms with Crippen molar-refractivity contribution in [3.8, 4) is 0 Å². The van der Waals surface area contributed by atoms with Crippen LogP contribution in [0.15, 0.2) is 18.2 Å². The van der Waals surface area contributed by atoms with E-state index in [9.17, 15) is 14.0 Å². The molecule has 0 radical (unpaired) electrons. The average molecular weight is 238 g/mol. The van der Waals surface area contributed by atoms with Gasteiger partial charge in [-0.05, 0) is 24.6 Å². The van der Waals surface area contributed by atoms with Crippen molar-refractivity contribution in [3.63, 3.8) is 0 Å². The Morgan fingerprint density at radius 3 is 2.65 bits per heavy atom. The van der Waals surface area contributed by atoms with Crippen molar-refractivity contribution >= 4 is 17.5 Å². The van der Waals surface area contributed by atoms with Gasteiger partial charge in [0.25, 0.3) is 0 Å². The predicted molar refractivity (Wildman–Crippen MR) is 63.1 cm³/mol. The zero-order valence-electron chi connectivity index (χ0n) is 9.84. The third kappa shape index (κ3) is 4.63. The van der Waals surface area contributed by atoms with Crippen LogP contribution in [0, 0.1) is 12.7 Å². The van der Waals surface area contributed by atoms with Crippen molar-refractivity contribution in [3.05, 3.63) is 29.6 Å². The molecule has 0 saturated carbocycles. The minimum atomic E-state index is -0.460. The van der Waals surface area contributed by atoms with Crippen molar-refractivity contribution < 1.29 is 14.0 Å². The van der Waals surface area contributed by atoms with E-state index in [1.165, 1.54) is 19.1 Å². The van der Waals surface area contributed by atoms with E-state index in [2.05, 4.69) is 10.6 Å². The van der Waals surface area contributed by atoms with Gasteiger partial charge in [0, 0.05) is 19.9 Å². The molecule has 0 spiro atoms. The molecule has 92 valence electrons. The molecule has 0 atom stereocenters.